The molecule has 18 heavy (non-hydrogen) atoms. The number of piperazine rings is 1. The van der Waals surface area contributed by atoms with Crippen molar-refractivity contribution in [2.45, 2.75) is 6.92 Å². The Bertz CT molecular complexity index is 413. The molecule has 2 heterocycles. The molecule has 98 valence electrons. The highest BCUT2D eigenvalue weighted by Gasteiger charge is 2.18. The van der Waals surface area contributed by atoms with E-state index in [1.165, 1.54) is 5.57 Å². The van der Waals surface area contributed by atoms with Crippen LogP contribution in [0.2, 0.25) is 0 Å². The minimum absolute atomic E-state index is 0.615. The number of aromatic nitrogens is 2. The average molecular weight is 248 g/mol. The van der Waals surface area contributed by atoms with E-state index in [2.05, 4.69) is 33.3 Å². The van der Waals surface area contributed by atoms with E-state index >= 15 is 0 Å². The summed E-state index contributed by atoms with van der Waals surface area (Å²) in [7, 11) is 1.62. The van der Waals surface area contributed by atoms with E-state index in [1.807, 2.05) is 0 Å². The van der Waals surface area contributed by atoms with E-state index in [9.17, 15) is 0 Å². The van der Waals surface area contributed by atoms with Crippen molar-refractivity contribution >= 4 is 5.95 Å². The van der Waals surface area contributed by atoms with Crippen LogP contribution in [0.1, 0.15) is 6.92 Å². The van der Waals surface area contributed by atoms with Gasteiger partial charge in [-0.25, -0.2) is 4.98 Å². The van der Waals surface area contributed by atoms with Gasteiger partial charge in [0.2, 0.25) is 11.8 Å². The molecule has 1 aliphatic rings. The molecule has 1 fully saturated rings. The van der Waals surface area contributed by atoms with E-state index in [0.29, 0.717) is 5.88 Å². The third kappa shape index (κ3) is 3.20. The normalized spacial score (nSPS) is 16.7. The molecular formula is C13H20N4O. The van der Waals surface area contributed by atoms with E-state index in [-0.39, 0.29) is 0 Å². The minimum atomic E-state index is 0.615. The number of rotatable bonds is 4. The van der Waals surface area contributed by atoms with Crippen molar-refractivity contribution in [1.29, 1.82) is 0 Å². The molecule has 1 aliphatic heterocycles. The first kappa shape index (κ1) is 12.8. The smallest absolute Gasteiger partial charge is 0.228 e. The van der Waals surface area contributed by atoms with Crippen molar-refractivity contribution in [1.82, 2.24) is 14.9 Å². The lowest BCUT2D eigenvalue weighted by Gasteiger charge is -2.34. The number of hydrogen-bond donors (Lipinski definition) is 0. The number of hydrogen-bond acceptors (Lipinski definition) is 5. The number of nitrogens with zero attached hydrogens (tertiary/aromatic N) is 4. The Morgan fingerprint density at radius 3 is 2.72 bits per heavy atom. The van der Waals surface area contributed by atoms with Gasteiger partial charge in [-0.15, -0.1) is 0 Å². The van der Waals surface area contributed by atoms with Crippen LogP contribution in [0.15, 0.2) is 24.4 Å². The van der Waals surface area contributed by atoms with Gasteiger partial charge in [0.15, 0.2) is 0 Å². The first-order valence-corrected chi connectivity index (χ1v) is 6.18. The summed E-state index contributed by atoms with van der Waals surface area (Å²) in [6.07, 6.45) is 1.74. The van der Waals surface area contributed by atoms with E-state index in [1.54, 1.807) is 19.4 Å². The molecule has 0 N–H and O–H groups in total. The Morgan fingerprint density at radius 1 is 1.39 bits per heavy atom. The fourth-order valence-electron chi connectivity index (χ4n) is 2.09. The minimum Gasteiger partial charge on any atom is -0.481 e. The Morgan fingerprint density at radius 2 is 2.11 bits per heavy atom. The Kier molecular flexibility index (Phi) is 4.15. The maximum Gasteiger partial charge on any atom is 0.228 e. The van der Waals surface area contributed by atoms with Crippen molar-refractivity contribution in [3.8, 4) is 5.88 Å². The second-order valence-corrected chi connectivity index (χ2v) is 4.62. The van der Waals surface area contributed by atoms with Gasteiger partial charge in [-0.2, -0.15) is 4.98 Å². The van der Waals surface area contributed by atoms with Crippen LogP contribution in [0.3, 0.4) is 0 Å². The van der Waals surface area contributed by atoms with Gasteiger partial charge in [0.05, 0.1) is 7.11 Å². The lowest BCUT2D eigenvalue weighted by atomic mass is 10.2. The van der Waals surface area contributed by atoms with Gasteiger partial charge in [0.25, 0.3) is 0 Å². The largest absolute Gasteiger partial charge is 0.481 e. The van der Waals surface area contributed by atoms with Crippen LogP contribution in [-0.4, -0.2) is 54.7 Å². The average Bonchev–Trinajstić information content (AvgIpc) is 2.39. The monoisotopic (exact) mass is 248 g/mol. The molecule has 1 saturated heterocycles. The summed E-state index contributed by atoms with van der Waals surface area (Å²) in [6.45, 7) is 10.9. The fraction of sp³-hybridized carbons (Fsp3) is 0.538. The SMILES string of the molecule is C=C(C)CN1CCN(c2nccc(OC)n2)CC1. The van der Waals surface area contributed by atoms with Crippen molar-refractivity contribution in [2.75, 3.05) is 44.7 Å². The highest BCUT2D eigenvalue weighted by Crippen LogP contribution is 2.14. The maximum absolute atomic E-state index is 5.12. The molecular weight excluding hydrogens is 228 g/mol. The lowest BCUT2D eigenvalue weighted by molar-refractivity contribution is 0.277. The molecule has 0 atom stereocenters. The summed E-state index contributed by atoms with van der Waals surface area (Å²) in [4.78, 5) is 13.2. The van der Waals surface area contributed by atoms with Gasteiger partial charge in [-0.1, -0.05) is 12.2 Å². The Labute approximate surface area is 108 Å². The number of methoxy groups -OCH3 is 1. The van der Waals surface area contributed by atoms with E-state index in [4.69, 9.17) is 4.74 Å². The first-order chi connectivity index (χ1) is 8.69. The van der Waals surface area contributed by atoms with Crippen LogP contribution in [0.5, 0.6) is 5.88 Å². The van der Waals surface area contributed by atoms with E-state index in [0.717, 1.165) is 38.7 Å². The molecule has 0 radical (unpaired) electrons. The zero-order valence-corrected chi connectivity index (χ0v) is 11.1. The third-order valence-electron chi connectivity index (χ3n) is 2.98. The lowest BCUT2D eigenvalue weighted by Crippen LogP contribution is -2.47. The summed E-state index contributed by atoms with van der Waals surface area (Å²) < 4.78 is 5.12. The van der Waals surface area contributed by atoms with Gasteiger partial charge in [0, 0.05) is 45.0 Å². The van der Waals surface area contributed by atoms with Crippen molar-refractivity contribution in [3.63, 3.8) is 0 Å². The van der Waals surface area contributed by atoms with Crippen LogP contribution in [0.4, 0.5) is 5.95 Å². The standard InChI is InChI=1S/C13H20N4O/c1-11(2)10-16-6-8-17(9-7-16)13-14-5-4-12(15-13)18-3/h4-5H,1,6-10H2,2-3H3. The number of ether oxygens (including phenoxy) is 1. The molecule has 0 saturated carbocycles. The molecule has 5 heteroatoms. The Hall–Kier alpha value is -1.62. The van der Waals surface area contributed by atoms with Gasteiger partial charge >= 0.3 is 0 Å². The summed E-state index contributed by atoms with van der Waals surface area (Å²) in [6, 6.07) is 1.76. The van der Waals surface area contributed by atoms with Crippen LogP contribution >= 0.6 is 0 Å². The zero-order chi connectivity index (χ0) is 13.0. The quantitative estimate of drug-likeness (QED) is 0.749. The summed E-state index contributed by atoms with van der Waals surface area (Å²) in [5.41, 5.74) is 1.21. The van der Waals surface area contributed by atoms with Gasteiger partial charge < -0.3 is 9.64 Å². The molecule has 0 bridgehead atoms. The second kappa shape index (κ2) is 5.82. The fourth-order valence-corrected chi connectivity index (χ4v) is 2.09. The van der Waals surface area contributed by atoms with Crippen LogP contribution in [0.25, 0.3) is 0 Å². The van der Waals surface area contributed by atoms with Gasteiger partial charge in [0.1, 0.15) is 0 Å². The summed E-state index contributed by atoms with van der Waals surface area (Å²) in [5.74, 6) is 1.37. The van der Waals surface area contributed by atoms with Gasteiger partial charge in [-0.05, 0) is 6.92 Å². The van der Waals surface area contributed by atoms with Crippen LogP contribution < -0.4 is 9.64 Å². The Balaban J connectivity index is 1.94. The highest BCUT2D eigenvalue weighted by molar-refractivity contribution is 5.32. The molecule has 2 rings (SSSR count). The highest BCUT2D eigenvalue weighted by atomic mass is 16.5. The summed E-state index contributed by atoms with van der Waals surface area (Å²) in [5, 5.41) is 0. The molecule has 0 aliphatic carbocycles. The molecule has 1 aromatic rings. The maximum atomic E-state index is 5.12. The molecule has 0 unspecified atom stereocenters. The zero-order valence-electron chi connectivity index (χ0n) is 11.1. The summed E-state index contributed by atoms with van der Waals surface area (Å²) >= 11 is 0. The van der Waals surface area contributed by atoms with Crippen molar-refractivity contribution in [2.24, 2.45) is 0 Å². The van der Waals surface area contributed by atoms with Gasteiger partial charge in [-0.3, -0.25) is 4.90 Å². The first-order valence-electron chi connectivity index (χ1n) is 6.18. The van der Waals surface area contributed by atoms with Crippen LogP contribution in [-0.2, 0) is 0 Å². The number of anilines is 1. The molecule has 1 aromatic heterocycles. The third-order valence-corrected chi connectivity index (χ3v) is 2.98. The topological polar surface area (TPSA) is 41.5 Å². The van der Waals surface area contributed by atoms with Crippen molar-refractivity contribution < 1.29 is 4.74 Å². The predicted molar refractivity (Wildman–Crippen MR) is 72.1 cm³/mol. The molecule has 5 nitrogen and oxygen atoms in total. The van der Waals surface area contributed by atoms with Crippen molar-refractivity contribution in [3.05, 3.63) is 24.4 Å². The van der Waals surface area contributed by atoms with Crippen LogP contribution in [0, 0.1) is 0 Å². The molecule has 0 aromatic carbocycles. The molecule has 0 spiro atoms. The van der Waals surface area contributed by atoms with E-state index < -0.39 is 0 Å². The second-order valence-electron chi connectivity index (χ2n) is 4.62. The predicted octanol–water partition coefficient (Wildman–Crippen LogP) is 1.18. The molecule has 0 amide bonds.